The summed E-state index contributed by atoms with van der Waals surface area (Å²) in [5.74, 6) is -0.678. The van der Waals surface area contributed by atoms with Crippen LogP contribution in [0.1, 0.15) is 10.5 Å². The molecule has 0 fully saturated rings. The van der Waals surface area contributed by atoms with E-state index in [0.29, 0.717) is 22.5 Å². The Labute approximate surface area is 128 Å². The molecule has 0 unspecified atom stereocenters. The van der Waals surface area contributed by atoms with Crippen LogP contribution in [-0.4, -0.2) is 33.0 Å². The van der Waals surface area contributed by atoms with Crippen LogP contribution in [-0.2, 0) is 0 Å². The molecule has 2 aromatic heterocycles. The molecule has 3 rings (SSSR count). The molecule has 106 valence electrons. The number of hydrogen-bond donors (Lipinski definition) is 1. The third-order valence-electron chi connectivity index (χ3n) is 3.00. The third-order valence-corrected chi connectivity index (χ3v) is 3.49. The Morgan fingerprint density at radius 3 is 2.86 bits per heavy atom. The summed E-state index contributed by atoms with van der Waals surface area (Å²) < 4.78 is 7.27. The largest absolute Gasteiger partial charge is 0.481 e. The first kappa shape index (κ1) is 13.6. The Kier molecular flexibility index (Phi) is 3.34. The van der Waals surface area contributed by atoms with E-state index in [1.165, 1.54) is 18.0 Å². The van der Waals surface area contributed by atoms with Crippen LogP contribution in [0.5, 0.6) is 5.88 Å². The van der Waals surface area contributed by atoms with Gasteiger partial charge in [-0.2, -0.15) is 5.10 Å². The van der Waals surface area contributed by atoms with Gasteiger partial charge < -0.3 is 9.84 Å². The SMILES string of the molecule is COc1cc2nn(-c3cccc(Br)c3)c(C(=O)O)c2cn1. The van der Waals surface area contributed by atoms with Crippen molar-refractivity contribution in [1.82, 2.24) is 14.8 Å². The standard InChI is InChI=1S/C14H10BrN3O3/c1-21-12-6-11-10(7-16-12)13(14(19)20)18(17-11)9-4-2-3-8(15)5-9/h2-7H,1H3,(H,19,20). The van der Waals surface area contributed by atoms with E-state index in [2.05, 4.69) is 26.0 Å². The number of carboxylic acids is 1. The van der Waals surface area contributed by atoms with Crippen molar-refractivity contribution in [2.75, 3.05) is 7.11 Å². The summed E-state index contributed by atoms with van der Waals surface area (Å²) in [6, 6.07) is 8.86. The van der Waals surface area contributed by atoms with Crippen molar-refractivity contribution in [1.29, 1.82) is 0 Å². The van der Waals surface area contributed by atoms with Gasteiger partial charge in [0.2, 0.25) is 5.88 Å². The number of hydrogen-bond acceptors (Lipinski definition) is 4. The van der Waals surface area contributed by atoms with E-state index in [1.54, 1.807) is 18.2 Å². The molecule has 2 heterocycles. The number of carbonyl (C=O) groups is 1. The molecule has 0 saturated carbocycles. The van der Waals surface area contributed by atoms with Crippen LogP contribution >= 0.6 is 15.9 Å². The molecule has 0 aliphatic carbocycles. The molecule has 0 aliphatic rings. The lowest BCUT2D eigenvalue weighted by Gasteiger charge is -2.04. The predicted molar refractivity (Wildman–Crippen MR) is 80.1 cm³/mol. The fourth-order valence-corrected chi connectivity index (χ4v) is 2.46. The number of carboxylic acid groups (broad SMARTS) is 1. The van der Waals surface area contributed by atoms with Crippen LogP contribution < -0.4 is 4.74 Å². The lowest BCUT2D eigenvalue weighted by atomic mass is 10.2. The van der Waals surface area contributed by atoms with Crippen molar-refractivity contribution >= 4 is 32.8 Å². The van der Waals surface area contributed by atoms with Gasteiger partial charge in [-0.3, -0.25) is 0 Å². The Hall–Kier alpha value is -2.41. The highest BCUT2D eigenvalue weighted by Gasteiger charge is 2.19. The van der Waals surface area contributed by atoms with Gasteiger partial charge in [-0.15, -0.1) is 0 Å². The minimum absolute atomic E-state index is 0.0678. The normalized spacial score (nSPS) is 10.8. The van der Waals surface area contributed by atoms with Crippen LogP contribution in [0.3, 0.4) is 0 Å². The van der Waals surface area contributed by atoms with E-state index in [1.807, 2.05) is 12.1 Å². The number of aromatic carboxylic acids is 1. The second-order valence-electron chi connectivity index (χ2n) is 4.29. The molecule has 1 aromatic carbocycles. The van der Waals surface area contributed by atoms with Crippen LogP contribution in [0.2, 0.25) is 0 Å². The van der Waals surface area contributed by atoms with Gasteiger partial charge in [0.1, 0.15) is 5.52 Å². The first-order valence-electron chi connectivity index (χ1n) is 6.02. The summed E-state index contributed by atoms with van der Waals surface area (Å²) in [7, 11) is 1.50. The quantitative estimate of drug-likeness (QED) is 0.788. The molecule has 6 nitrogen and oxygen atoms in total. The number of pyridine rings is 1. The smallest absolute Gasteiger partial charge is 0.355 e. The van der Waals surface area contributed by atoms with Crippen LogP contribution in [0.15, 0.2) is 41.0 Å². The molecule has 1 N–H and O–H groups in total. The summed E-state index contributed by atoms with van der Waals surface area (Å²) in [6.45, 7) is 0. The zero-order valence-corrected chi connectivity index (χ0v) is 12.5. The van der Waals surface area contributed by atoms with Crippen LogP contribution in [0.4, 0.5) is 0 Å². The molecule has 21 heavy (non-hydrogen) atoms. The van der Waals surface area contributed by atoms with Crippen molar-refractivity contribution in [3.05, 3.63) is 46.7 Å². The molecule has 3 aromatic rings. The first-order chi connectivity index (χ1) is 10.1. The van der Waals surface area contributed by atoms with Gasteiger partial charge in [0.15, 0.2) is 5.69 Å². The topological polar surface area (TPSA) is 77.2 Å². The molecule has 0 bridgehead atoms. The number of benzene rings is 1. The minimum atomic E-state index is -1.07. The highest BCUT2D eigenvalue weighted by atomic mass is 79.9. The Morgan fingerprint density at radius 2 is 2.19 bits per heavy atom. The number of fused-ring (bicyclic) bond motifs is 1. The fourth-order valence-electron chi connectivity index (χ4n) is 2.08. The van der Waals surface area contributed by atoms with E-state index in [4.69, 9.17) is 4.74 Å². The second kappa shape index (κ2) is 5.17. The molecule has 0 amide bonds. The maximum Gasteiger partial charge on any atom is 0.355 e. The van der Waals surface area contributed by atoms with Gasteiger partial charge in [0.25, 0.3) is 0 Å². The highest BCUT2D eigenvalue weighted by molar-refractivity contribution is 9.10. The number of ether oxygens (including phenoxy) is 1. The van der Waals surface area contributed by atoms with Crippen molar-refractivity contribution in [3.8, 4) is 11.6 Å². The van der Waals surface area contributed by atoms with Crippen molar-refractivity contribution in [2.24, 2.45) is 0 Å². The minimum Gasteiger partial charge on any atom is -0.481 e. The maximum absolute atomic E-state index is 11.6. The zero-order chi connectivity index (χ0) is 15.0. The molecule has 0 spiro atoms. The molecular weight excluding hydrogens is 338 g/mol. The summed E-state index contributed by atoms with van der Waals surface area (Å²) in [6.07, 6.45) is 1.46. The van der Waals surface area contributed by atoms with E-state index >= 15 is 0 Å². The Bertz CT molecular complexity index is 845. The number of nitrogens with zero attached hydrogens (tertiary/aromatic N) is 3. The highest BCUT2D eigenvalue weighted by Crippen LogP contribution is 2.25. The lowest BCUT2D eigenvalue weighted by Crippen LogP contribution is -2.08. The molecule has 0 radical (unpaired) electrons. The summed E-state index contributed by atoms with van der Waals surface area (Å²) in [5.41, 5.74) is 1.23. The summed E-state index contributed by atoms with van der Waals surface area (Å²) in [5, 5.41) is 14.3. The molecular formula is C14H10BrN3O3. The number of halogens is 1. The second-order valence-corrected chi connectivity index (χ2v) is 5.20. The van der Waals surface area contributed by atoms with Crippen molar-refractivity contribution in [3.63, 3.8) is 0 Å². The van der Waals surface area contributed by atoms with Crippen molar-refractivity contribution < 1.29 is 14.6 Å². The van der Waals surface area contributed by atoms with E-state index in [9.17, 15) is 9.90 Å². The Morgan fingerprint density at radius 1 is 1.38 bits per heavy atom. The van der Waals surface area contributed by atoms with Crippen molar-refractivity contribution in [2.45, 2.75) is 0 Å². The van der Waals surface area contributed by atoms with Gasteiger partial charge in [-0.05, 0) is 18.2 Å². The van der Waals surface area contributed by atoms with Crippen LogP contribution in [0.25, 0.3) is 16.6 Å². The van der Waals surface area contributed by atoms with Crippen LogP contribution in [0, 0.1) is 0 Å². The molecule has 0 aliphatic heterocycles. The molecule has 7 heteroatoms. The molecule has 0 atom stereocenters. The number of aromatic nitrogens is 3. The van der Waals surface area contributed by atoms with Gasteiger partial charge in [-0.25, -0.2) is 14.5 Å². The third kappa shape index (κ3) is 2.36. The number of rotatable bonds is 3. The lowest BCUT2D eigenvalue weighted by molar-refractivity contribution is 0.0689. The summed E-state index contributed by atoms with van der Waals surface area (Å²) in [4.78, 5) is 15.6. The average Bonchev–Trinajstić information content (AvgIpc) is 2.85. The van der Waals surface area contributed by atoms with Gasteiger partial charge >= 0.3 is 5.97 Å². The number of methoxy groups -OCH3 is 1. The van der Waals surface area contributed by atoms with Gasteiger partial charge in [-0.1, -0.05) is 22.0 Å². The molecule has 0 saturated heterocycles. The summed E-state index contributed by atoms with van der Waals surface area (Å²) >= 11 is 3.37. The predicted octanol–water partition coefficient (Wildman–Crippen LogP) is 2.89. The average molecular weight is 348 g/mol. The van der Waals surface area contributed by atoms with Gasteiger partial charge in [0.05, 0.1) is 18.2 Å². The zero-order valence-electron chi connectivity index (χ0n) is 10.9. The van der Waals surface area contributed by atoms with Gasteiger partial charge in [0, 0.05) is 16.7 Å². The monoisotopic (exact) mass is 347 g/mol. The fraction of sp³-hybridized carbons (Fsp3) is 0.0714. The van der Waals surface area contributed by atoms with E-state index in [-0.39, 0.29) is 5.69 Å². The maximum atomic E-state index is 11.6. The van der Waals surface area contributed by atoms with E-state index < -0.39 is 5.97 Å². The first-order valence-corrected chi connectivity index (χ1v) is 6.81. The Balaban J connectivity index is 2.31. The van der Waals surface area contributed by atoms with E-state index in [0.717, 1.165) is 4.47 Å².